The van der Waals surface area contributed by atoms with Gasteiger partial charge in [0, 0.05) is 22.3 Å². The van der Waals surface area contributed by atoms with E-state index in [9.17, 15) is 14.0 Å². The summed E-state index contributed by atoms with van der Waals surface area (Å²) in [5.74, 6) is -0.757. The number of benzene rings is 2. The molecule has 8 heteroatoms. The Morgan fingerprint density at radius 2 is 1.87 bits per heavy atom. The number of thiophene rings is 1. The second-order valence-electron chi connectivity index (χ2n) is 9.61. The number of aryl methyl sites for hydroxylation is 1. The van der Waals surface area contributed by atoms with Gasteiger partial charge in [-0.05, 0) is 86.2 Å². The number of halogens is 1. The molecule has 6 nitrogen and oxygen atoms in total. The van der Waals surface area contributed by atoms with Crippen LogP contribution in [0.25, 0.3) is 5.00 Å². The number of nitrogens with zero attached hydrogens (tertiary/aromatic N) is 2. The Morgan fingerprint density at radius 3 is 2.68 bits per heavy atom. The summed E-state index contributed by atoms with van der Waals surface area (Å²) in [6.07, 6.45) is 6.46. The lowest BCUT2D eigenvalue weighted by Gasteiger charge is -2.31. The number of hydrogen-bond donors (Lipinski definition) is 1. The van der Waals surface area contributed by atoms with Crippen LogP contribution in [0.3, 0.4) is 0 Å². The van der Waals surface area contributed by atoms with Crippen LogP contribution in [0, 0.1) is 5.82 Å². The fourth-order valence-electron chi connectivity index (χ4n) is 5.52. The van der Waals surface area contributed by atoms with Gasteiger partial charge in [0.1, 0.15) is 10.8 Å². The van der Waals surface area contributed by atoms with Crippen molar-refractivity contribution in [3.05, 3.63) is 106 Å². The number of ether oxygens (including phenoxy) is 1. The highest BCUT2D eigenvalue weighted by Gasteiger charge is 2.36. The van der Waals surface area contributed by atoms with Crippen molar-refractivity contribution >= 4 is 29.0 Å². The number of carbonyl (C=O) groups is 2. The molecule has 0 saturated carbocycles. The average molecular weight is 530 g/mol. The Morgan fingerprint density at radius 1 is 1.05 bits per heavy atom. The molecule has 0 saturated heterocycles. The van der Waals surface area contributed by atoms with E-state index in [2.05, 4.69) is 16.1 Å². The smallest absolute Gasteiger partial charge is 0.338 e. The van der Waals surface area contributed by atoms with Crippen LogP contribution < -0.4 is 5.32 Å². The molecule has 0 radical (unpaired) electrons. The van der Waals surface area contributed by atoms with Gasteiger partial charge in [-0.2, -0.15) is 0 Å². The summed E-state index contributed by atoms with van der Waals surface area (Å²) >= 11 is 1.82. The molecule has 0 spiro atoms. The third-order valence-electron chi connectivity index (χ3n) is 7.25. The van der Waals surface area contributed by atoms with Gasteiger partial charge in [-0.25, -0.2) is 14.0 Å². The molecular formula is C30H28FN3O3S. The number of esters is 1. The second-order valence-corrected chi connectivity index (χ2v) is 10.7. The number of fused-ring (bicyclic) bond motifs is 5. The third-order valence-corrected chi connectivity index (χ3v) is 8.58. The van der Waals surface area contributed by atoms with Crippen molar-refractivity contribution in [2.24, 2.45) is 0 Å². The zero-order valence-electron chi connectivity index (χ0n) is 21.1. The molecule has 0 fully saturated rings. The number of rotatable bonds is 4. The van der Waals surface area contributed by atoms with Crippen molar-refractivity contribution in [1.29, 1.82) is 0 Å². The Kier molecular flexibility index (Phi) is 6.49. The first kappa shape index (κ1) is 24.4. The van der Waals surface area contributed by atoms with Crippen LogP contribution in [0.5, 0.6) is 0 Å². The van der Waals surface area contributed by atoms with Gasteiger partial charge in [0.05, 0.1) is 30.5 Å². The summed E-state index contributed by atoms with van der Waals surface area (Å²) in [6, 6.07) is 16.4. The molecule has 0 bridgehead atoms. The van der Waals surface area contributed by atoms with Crippen molar-refractivity contribution in [2.45, 2.75) is 45.2 Å². The van der Waals surface area contributed by atoms with Gasteiger partial charge >= 0.3 is 12.0 Å². The maximum absolute atomic E-state index is 14.0. The van der Waals surface area contributed by atoms with Crippen LogP contribution in [0.4, 0.5) is 14.9 Å². The quantitative estimate of drug-likeness (QED) is 0.294. The molecule has 2 aliphatic rings. The number of anilines is 1. The SMILES string of the molecule is CCOC(=O)c1cccc(NC(=O)N2Cc3c(sc4c3CCCC4)-n3cccc3[C@H]2c2ccc(F)cc2)c1. The standard InChI is InChI=1S/C30H28FN3O3S/c1-2-37-29(35)20-7-5-8-22(17-20)32-30(36)34-18-24-23-9-3-4-11-26(23)38-28(24)33-16-6-10-25(33)27(34)19-12-14-21(31)15-13-19/h5-8,10,12-17,27H,2-4,9,11,18H2,1H3,(H,32,36)/t27-/m1/s1. The molecule has 2 aromatic heterocycles. The van der Waals surface area contributed by atoms with Gasteiger partial charge in [0.15, 0.2) is 0 Å². The maximum atomic E-state index is 14.0. The van der Waals surface area contributed by atoms with E-state index in [1.165, 1.54) is 34.6 Å². The van der Waals surface area contributed by atoms with E-state index >= 15 is 0 Å². The lowest BCUT2D eigenvalue weighted by Crippen LogP contribution is -2.38. The molecule has 6 rings (SSSR count). The second kappa shape index (κ2) is 10.1. The fraction of sp³-hybridized carbons (Fsp3) is 0.267. The van der Waals surface area contributed by atoms with Gasteiger partial charge in [-0.1, -0.05) is 18.2 Å². The highest BCUT2D eigenvalue weighted by molar-refractivity contribution is 7.15. The van der Waals surface area contributed by atoms with E-state index in [4.69, 9.17) is 4.74 Å². The fourth-order valence-corrected chi connectivity index (χ4v) is 6.92. The number of aromatic nitrogens is 1. The number of hydrogen-bond acceptors (Lipinski definition) is 4. The van der Waals surface area contributed by atoms with Crippen molar-refractivity contribution in [2.75, 3.05) is 11.9 Å². The van der Waals surface area contributed by atoms with E-state index in [1.54, 1.807) is 43.3 Å². The van der Waals surface area contributed by atoms with Crippen LogP contribution in [0.1, 0.15) is 63.4 Å². The first-order valence-electron chi connectivity index (χ1n) is 12.9. The molecule has 1 aliphatic heterocycles. The minimum absolute atomic E-state index is 0.273. The Bertz CT molecular complexity index is 1510. The highest BCUT2D eigenvalue weighted by Crippen LogP contribution is 2.44. The van der Waals surface area contributed by atoms with E-state index in [-0.39, 0.29) is 18.5 Å². The number of nitrogens with one attached hydrogen (secondary N) is 1. The predicted molar refractivity (Wildman–Crippen MR) is 145 cm³/mol. The molecule has 0 unspecified atom stereocenters. The van der Waals surface area contributed by atoms with Crippen molar-refractivity contribution in [1.82, 2.24) is 9.47 Å². The molecule has 38 heavy (non-hydrogen) atoms. The molecule has 2 amide bonds. The van der Waals surface area contributed by atoms with Gasteiger partial charge in [-0.3, -0.25) is 0 Å². The Hall–Kier alpha value is -3.91. The van der Waals surface area contributed by atoms with Gasteiger partial charge < -0.3 is 19.5 Å². The minimum atomic E-state index is -0.435. The molecule has 3 heterocycles. The summed E-state index contributed by atoms with van der Waals surface area (Å²) in [5, 5.41) is 4.17. The van der Waals surface area contributed by atoms with Crippen LogP contribution >= 0.6 is 11.3 Å². The van der Waals surface area contributed by atoms with Crippen molar-refractivity contribution < 1.29 is 18.7 Å². The first-order chi connectivity index (χ1) is 18.5. The third kappa shape index (κ3) is 4.39. The summed E-state index contributed by atoms with van der Waals surface area (Å²) in [7, 11) is 0. The van der Waals surface area contributed by atoms with Crippen LogP contribution in [-0.2, 0) is 24.1 Å². The molecule has 4 aromatic rings. The van der Waals surface area contributed by atoms with E-state index in [0.717, 1.165) is 35.5 Å². The van der Waals surface area contributed by atoms with Crippen LogP contribution in [-0.4, -0.2) is 28.1 Å². The number of carbonyl (C=O) groups excluding carboxylic acids is 2. The first-order valence-corrected chi connectivity index (χ1v) is 13.8. The minimum Gasteiger partial charge on any atom is -0.462 e. The summed E-state index contributed by atoms with van der Waals surface area (Å²) in [5.41, 5.74) is 5.19. The van der Waals surface area contributed by atoms with Crippen molar-refractivity contribution in [3.63, 3.8) is 0 Å². The topological polar surface area (TPSA) is 63.6 Å². The monoisotopic (exact) mass is 529 g/mol. The predicted octanol–water partition coefficient (Wildman–Crippen LogP) is 6.87. The van der Waals surface area contributed by atoms with E-state index < -0.39 is 12.0 Å². The number of urea groups is 1. The largest absolute Gasteiger partial charge is 0.462 e. The highest BCUT2D eigenvalue weighted by atomic mass is 32.1. The summed E-state index contributed by atoms with van der Waals surface area (Å²) in [4.78, 5) is 29.5. The molecule has 1 N–H and O–H groups in total. The Balaban J connectivity index is 1.43. The van der Waals surface area contributed by atoms with Gasteiger partial charge in [0.25, 0.3) is 0 Å². The lowest BCUT2D eigenvalue weighted by molar-refractivity contribution is 0.0526. The van der Waals surface area contributed by atoms with E-state index in [1.807, 2.05) is 28.4 Å². The lowest BCUT2D eigenvalue weighted by atomic mass is 9.95. The summed E-state index contributed by atoms with van der Waals surface area (Å²) < 4.78 is 21.2. The zero-order valence-corrected chi connectivity index (χ0v) is 21.9. The van der Waals surface area contributed by atoms with E-state index in [0.29, 0.717) is 17.8 Å². The normalized spacial score (nSPS) is 16.2. The maximum Gasteiger partial charge on any atom is 0.338 e. The molecule has 1 atom stereocenters. The van der Waals surface area contributed by atoms with Gasteiger partial charge in [0.2, 0.25) is 0 Å². The average Bonchev–Trinajstić information content (AvgIpc) is 3.51. The zero-order chi connectivity index (χ0) is 26.2. The molecular weight excluding hydrogens is 501 g/mol. The van der Waals surface area contributed by atoms with Gasteiger partial charge in [-0.15, -0.1) is 11.3 Å². The van der Waals surface area contributed by atoms with Crippen molar-refractivity contribution in [3.8, 4) is 5.00 Å². The molecule has 1 aliphatic carbocycles. The molecule has 2 aromatic carbocycles. The Labute approximate surface area is 224 Å². The number of amides is 2. The molecule has 194 valence electrons. The van der Waals surface area contributed by atoms with Crippen LogP contribution in [0.15, 0.2) is 66.9 Å². The summed E-state index contributed by atoms with van der Waals surface area (Å²) in [6.45, 7) is 2.45. The van der Waals surface area contributed by atoms with Crippen LogP contribution in [0.2, 0.25) is 0 Å².